The highest BCUT2D eigenvalue weighted by molar-refractivity contribution is 14.1. The van der Waals surface area contributed by atoms with Crippen molar-refractivity contribution in [1.82, 2.24) is 3.11 Å². The molecule has 0 aromatic carbocycles. The standard InChI is InChI=1S/C18H38INO6/c1-3-7-21-11-15-25-17-13-23-9-5-20(19)6-10-24-14-18-26-16-12-22-8-4-2/h3-18H2,1-2H3. The zero-order chi connectivity index (χ0) is 19.1. The molecule has 0 aliphatic rings. The van der Waals surface area contributed by atoms with Crippen molar-refractivity contribution in [3.05, 3.63) is 0 Å². The minimum absolute atomic E-state index is 0.614. The highest BCUT2D eigenvalue weighted by atomic mass is 127. The minimum atomic E-state index is 0.614. The van der Waals surface area contributed by atoms with Gasteiger partial charge in [0.1, 0.15) is 0 Å². The Kier molecular flexibility index (Phi) is 23.9. The first-order valence-corrected chi connectivity index (χ1v) is 10.6. The van der Waals surface area contributed by atoms with Crippen molar-refractivity contribution >= 4 is 22.9 Å². The first-order valence-electron chi connectivity index (χ1n) is 9.68. The summed E-state index contributed by atoms with van der Waals surface area (Å²) in [5.41, 5.74) is 0. The van der Waals surface area contributed by atoms with E-state index in [2.05, 4.69) is 39.8 Å². The Bertz CT molecular complexity index is 240. The van der Waals surface area contributed by atoms with E-state index in [9.17, 15) is 0 Å². The number of nitrogens with zero attached hydrogens (tertiary/aromatic N) is 1. The molecular formula is C18H38INO6. The third-order valence-electron chi connectivity index (χ3n) is 3.14. The van der Waals surface area contributed by atoms with Gasteiger partial charge in [-0.3, -0.25) is 0 Å². The lowest BCUT2D eigenvalue weighted by Gasteiger charge is -2.14. The van der Waals surface area contributed by atoms with E-state index in [1.54, 1.807) is 0 Å². The summed E-state index contributed by atoms with van der Waals surface area (Å²) >= 11 is 2.29. The number of rotatable bonds is 22. The van der Waals surface area contributed by atoms with Crippen LogP contribution in [0.1, 0.15) is 26.7 Å². The second-order valence-corrected chi connectivity index (χ2v) is 6.95. The van der Waals surface area contributed by atoms with Crippen molar-refractivity contribution in [2.45, 2.75) is 26.7 Å². The van der Waals surface area contributed by atoms with Gasteiger partial charge in [-0.25, -0.2) is 3.11 Å². The van der Waals surface area contributed by atoms with Crippen LogP contribution in [-0.4, -0.2) is 95.5 Å². The Balaban J connectivity index is 3.12. The van der Waals surface area contributed by atoms with Crippen LogP contribution in [0, 0.1) is 0 Å². The Morgan fingerprint density at radius 3 is 1.04 bits per heavy atom. The van der Waals surface area contributed by atoms with Crippen LogP contribution in [0.5, 0.6) is 0 Å². The van der Waals surface area contributed by atoms with Crippen molar-refractivity contribution in [2.24, 2.45) is 0 Å². The third-order valence-corrected chi connectivity index (χ3v) is 4.11. The fourth-order valence-corrected chi connectivity index (χ4v) is 2.21. The summed E-state index contributed by atoms with van der Waals surface area (Å²) in [6.07, 6.45) is 2.09. The summed E-state index contributed by atoms with van der Waals surface area (Å²) in [6.45, 7) is 14.0. The van der Waals surface area contributed by atoms with Crippen LogP contribution in [0.15, 0.2) is 0 Å². The van der Waals surface area contributed by atoms with E-state index in [4.69, 9.17) is 28.4 Å². The molecule has 0 aliphatic heterocycles. The maximum Gasteiger partial charge on any atom is 0.0701 e. The van der Waals surface area contributed by atoms with Gasteiger partial charge in [0.05, 0.1) is 66.1 Å². The molecule has 0 spiro atoms. The van der Waals surface area contributed by atoms with Crippen LogP contribution in [0.2, 0.25) is 0 Å². The van der Waals surface area contributed by atoms with Crippen molar-refractivity contribution in [2.75, 3.05) is 92.4 Å². The molecule has 0 amide bonds. The molecule has 0 fully saturated rings. The first kappa shape index (κ1) is 26.4. The number of halogens is 1. The van der Waals surface area contributed by atoms with E-state index in [1.807, 2.05) is 0 Å². The zero-order valence-corrected chi connectivity index (χ0v) is 18.7. The van der Waals surface area contributed by atoms with Gasteiger partial charge in [-0.15, -0.1) is 0 Å². The largest absolute Gasteiger partial charge is 0.379 e. The van der Waals surface area contributed by atoms with Crippen molar-refractivity contribution in [3.63, 3.8) is 0 Å². The maximum absolute atomic E-state index is 5.55. The van der Waals surface area contributed by atoms with Crippen LogP contribution >= 0.6 is 22.9 Å². The number of hydrogen-bond acceptors (Lipinski definition) is 7. The summed E-state index contributed by atoms with van der Waals surface area (Å²) in [6, 6.07) is 0. The Hall–Kier alpha value is 0.450. The smallest absolute Gasteiger partial charge is 0.0701 e. The second-order valence-electron chi connectivity index (χ2n) is 5.58. The Labute approximate surface area is 173 Å². The van der Waals surface area contributed by atoms with Crippen LogP contribution < -0.4 is 0 Å². The summed E-state index contributed by atoms with van der Waals surface area (Å²) in [4.78, 5) is 0. The predicted octanol–water partition coefficient (Wildman–Crippen LogP) is 2.56. The summed E-state index contributed by atoms with van der Waals surface area (Å²) < 4.78 is 34.8. The van der Waals surface area contributed by atoms with E-state index in [-0.39, 0.29) is 0 Å². The lowest BCUT2D eigenvalue weighted by molar-refractivity contribution is 0.00945. The van der Waals surface area contributed by atoms with Crippen molar-refractivity contribution in [1.29, 1.82) is 0 Å². The number of hydrogen-bond donors (Lipinski definition) is 0. The van der Waals surface area contributed by atoms with Crippen molar-refractivity contribution in [3.8, 4) is 0 Å². The lowest BCUT2D eigenvalue weighted by Crippen LogP contribution is -2.23. The van der Waals surface area contributed by atoms with E-state index < -0.39 is 0 Å². The molecule has 0 N–H and O–H groups in total. The normalized spacial score (nSPS) is 11.5. The zero-order valence-electron chi connectivity index (χ0n) is 16.6. The molecule has 0 heterocycles. The Morgan fingerprint density at radius 1 is 0.462 bits per heavy atom. The van der Waals surface area contributed by atoms with Gasteiger partial charge in [-0.05, 0) is 12.8 Å². The van der Waals surface area contributed by atoms with Gasteiger partial charge in [0.15, 0.2) is 0 Å². The van der Waals surface area contributed by atoms with Gasteiger partial charge < -0.3 is 28.4 Å². The van der Waals surface area contributed by atoms with Gasteiger partial charge in [0, 0.05) is 49.2 Å². The molecule has 0 unspecified atom stereocenters. The van der Waals surface area contributed by atoms with Gasteiger partial charge in [0.2, 0.25) is 0 Å². The van der Waals surface area contributed by atoms with Gasteiger partial charge in [-0.2, -0.15) is 0 Å². The van der Waals surface area contributed by atoms with Crippen LogP contribution in [0.3, 0.4) is 0 Å². The highest BCUT2D eigenvalue weighted by Gasteiger charge is 2.00. The molecule has 0 aliphatic carbocycles. The van der Waals surface area contributed by atoms with E-state index in [0.29, 0.717) is 66.1 Å². The van der Waals surface area contributed by atoms with E-state index in [1.165, 1.54) is 0 Å². The molecule has 7 nitrogen and oxygen atoms in total. The quantitative estimate of drug-likeness (QED) is 0.131. The minimum Gasteiger partial charge on any atom is -0.379 e. The molecule has 0 bridgehead atoms. The molecule has 0 saturated carbocycles. The van der Waals surface area contributed by atoms with Gasteiger partial charge in [-0.1, -0.05) is 13.8 Å². The fourth-order valence-electron chi connectivity index (χ4n) is 1.81. The van der Waals surface area contributed by atoms with E-state index >= 15 is 0 Å². The molecule has 0 atom stereocenters. The second kappa shape index (κ2) is 23.5. The molecule has 8 heteroatoms. The summed E-state index contributed by atoms with van der Waals surface area (Å²) in [5, 5.41) is 0. The van der Waals surface area contributed by atoms with Crippen LogP contribution in [-0.2, 0) is 28.4 Å². The first-order chi connectivity index (χ1) is 12.8. The third kappa shape index (κ3) is 22.5. The van der Waals surface area contributed by atoms with Gasteiger partial charge in [0.25, 0.3) is 0 Å². The lowest BCUT2D eigenvalue weighted by atomic mass is 10.5. The molecule has 26 heavy (non-hydrogen) atoms. The summed E-state index contributed by atoms with van der Waals surface area (Å²) in [7, 11) is 0. The monoisotopic (exact) mass is 491 g/mol. The average molecular weight is 491 g/mol. The maximum atomic E-state index is 5.55. The molecule has 0 rings (SSSR count). The predicted molar refractivity (Wildman–Crippen MR) is 111 cm³/mol. The topological polar surface area (TPSA) is 58.6 Å². The molecule has 0 aromatic rings. The molecule has 0 radical (unpaired) electrons. The fraction of sp³-hybridized carbons (Fsp3) is 1.00. The molecule has 0 saturated heterocycles. The highest BCUT2D eigenvalue weighted by Crippen LogP contribution is 1.98. The van der Waals surface area contributed by atoms with Gasteiger partial charge >= 0.3 is 0 Å². The SMILES string of the molecule is CCCOCCOCCOCCN(I)CCOCCOCCOCCC. The Morgan fingerprint density at radius 2 is 0.731 bits per heavy atom. The van der Waals surface area contributed by atoms with Crippen LogP contribution in [0.4, 0.5) is 0 Å². The van der Waals surface area contributed by atoms with Crippen molar-refractivity contribution < 1.29 is 28.4 Å². The summed E-state index contributed by atoms with van der Waals surface area (Å²) in [5.74, 6) is 0. The number of ether oxygens (including phenoxy) is 6. The van der Waals surface area contributed by atoms with Crippen LogP contribution in [0.25, 0.3) is 0 Å². The molecular weight excluding hydrogens is 453 g/mol. The van der Waals surface area contributed by atoms with E-state index in [0.717, 1.165) is 39.1 Å². The molecule has 158 valence electrons. The molecule has 0 aromatic heterocycles. The average Bonchev–Trinajstić information content (AvgIpc) is 2.64.